The molecule has 0 aliphatic carbocycles. The fourth-order valence-electron chi connectivity index (χ4n) is 2.21. The van der Waals surface area contributed by atoms with E-state index in [-0.39, 0.29) is 18.1 Å². The van der Waals surface area contributed by atoms with Crippen LogP contribution in [0.15, 0.2) is 48.5 Å². The van der Waals surface area contributed by atoms with Crippen LogP contribution in [0.2, 0.25) is 0 Å². The molecule has 0 radical (unpaired) electrons. The molecule has 0 aromatic heterocycles. The van der Waals surface area contributed by atoms with Crippen molar-refractivity contribution in [2.75, 3.05) is 17.2 Å². The van der Waals surface area contributed by atoms with Crippen molar-refractivity contribution >= 4 is 29.2 Å². The molecule has 0 bridgehead atoms. The van der Waals surface area contributed by atoms with E-state index < -0.39 is 11.9 Å². The third-order valence-corrected chi connectivity index (χ3v) is 3.37. The molecule has 0 saturated heterocycles. The van der Waals surface area contributed by atoms with E-state index in [1.54, 1.807) is 24.3 Å². The number of aryl methyl sites for hydroxylation is 1. The molecule has 2 aromatic rings. The highest BCUT2D eigenvalue weighted by molar-refractivity contribution is 5.96. The molecule has 0 heterocycles. The summed E-state index contributed by atoms with van der Waals surface area (Å²) in [6.07, 6.45) is 0.864. The van der Waals surface area contributed by atoms with E-state index in [2.05, 4.69) is 10.6 Å². The van der Waals surface area contributed by atoms with Gasteiger partial charge in [0.05, 0.1) is 5.56 Å². The van der Waals surface area contributed by atoms with E-state index in [0.29, 0.717) is 11.4 Å². The van der Waals surface area contributed by atoms with Gasteiger partial charge in [-0.1, -0.05) is 25.1 Å². The molecule has 6 nitrogen and oxygen atoms in total. The maximum Gasteiger partial charge on any atom is 0.338 e. The van der Waals surface area contributed by atoms with Crippen LogP contribution >= 0.6 is 0 Å². The Balaban J connectivity index is 1.90. The van der Waals surface area contributed by atoms with E-state index in [1.165, 1.54) is 13.0 Å². The van der Waals surface area contributed by atoms with Gasteiger partial charge in [-0.05, 0) is 42.3 Å². The molecule has 2 aromatic carbocycles. The first kappa shape index (κ1) is 18.2. The Morgan fingerprint density at radius 2 is 1.64 bits per heavy atom. The standard InChI is InChI=1S/C19H20N2O4/c1-3-14-6-4-8-16(10-14)21-18(23)12-25-19(24)15-7-5-9-17(11-15)20-13(2)22/h4-11H,3,12H2,1-2H3,(H,20,22)(H,21,23). The largest absolute Gasteiger partial charge is 0.452 e. The summed E-state index contributed by atoms with van der Waals surface area (Å²) in [6, 6.07) is 13.8. The number of ether oxygens (including phenoxy) is 1. The van der Waals surface area contributed by atoms with Crippen molar-refractivity contribution in [2.45, 2.75) is 20.3 Å². The van der Waals surface area contributed by atoms with Gasteiger partial charge in [0.2, 0.25) is 5.91 Å². The third-order valence-electron chi connectivity index (χ3n) is 3.37. The Morgan fingerprint density at radius 1 is 0.960 bits per heavy atom. The summed E-state index contributed by atoms with van der Waals surface area (Å²) >= 11 is 0. The van der Waals surface area contributed by atoms with Gasteiger partial charge in [-0.3, -0.25) is 9.59 Å². The zero-order chi connectivity index (χ0) is 18.2. The first-order valence-electron chi connectivity index (χ1n) is 7.91. The summed E-state index contributed by atoms with van der Waals surface area (Å²) in [5, 5.41) is 5.27. The van der Waals surface area contributed by atoms with Crippen LogP contribution < -0.4 is 10.6 Å². The molecule has 0 saturated carbocycles. The molecule has 130 valence electrons. The zero-order valence-electron chi connectivity index (χ0n) is 14.2. The van der Waals surface area contributed by atoms with Crippen molar-refractivity contribution in [1.29, 1.82) is 0 Å². The van der Waals surface area contributed by atoms with Crippen molar-refractivity contribution in [1.82, 2.24) is 0 Å². The summed E-state index contributed by atoms with van der Waals surface area (Å²) in [5.41, 5.74) is 2.51. The van der Waals surface area contributed by atoms with Crippen LogP contribution in [0.3, 0.4) is 0 Å². The second-order valence-electron chi connectivity index (χ2n) is 5.44. The number of amides is 2. The smallest absolute Gasteiger partial charge is 0.338 e. The normalized spacial score (nSPS) is 10.0. The van der Waals surface area contributed by atoms with Crippen LogP contribution in [-0.2, 0) is 20.7 Å². The Morgan fingerprint density at radius 3 is 2.32 bits per heavy atom. The summed E-state index contributed by atoms with van der Waals surface area (Å²) in [7, 11) is 0. The number of rotatable bonds is 6. The maximum absolute atomic E-state index is 12.0. The lowest BCUT2D eigenvalue weighted by Crippen LogP contribution is -2.21. The van der Waals surface area contributed by atoms with Crippen molar-refractivity contribution in [3.63, 3.8) is 0 Å². The molecule has 25 heavy (non-hydrogen) atoms. The maximum atomic E-state index is 12.0. The number of benzene rings is 2. The minimum absolute atomic E-state index is 0.237. The van der Waals surface area contributed by atoms with Crippen molar-refractivity contribution in [2.24, 2.45) is 0 Å². The highest BCUT2D eigenvalue weighted by Gasteiger charge is 2.11. The molecule has 0 aliphatic heterocycles. The Bertz CT molecular complexity index is 786. The minimum Gasteiger partial charge on any atom is -0.452 e. The molecule has 2 amide bonds. The third kappa shape index (κ3) is 5.76. The summed E-state index contributed by atoms with van der Waals surface area (Å²) in [6.45, 7) is 3.01. The predicted molar refractivity (Wildman–Crippen MR) is 95.5 cm³/mol. The van der Waals surface area contributed by atoms with Gasteiger partial charge < -0.3 is 15.4 Å². The van der Waals surface area contributed by atoms with E-state index in [4.69, 9.17) is 4.74 Å². The lowest BCUT2D eigenvalue weighted by molar-refractivity contribution is -0.119. The number of hydrogen-bond donors (Lipinski definition) is 2. The van der Waals surface area contributed by atoms with Crippen molar-refractivity contribution in [3.05, 3.63) is 59.7 Å². The fraction of sp³-hybridized carbons (Fsp3) is 0.211. The molecule has 0 unspecified atom stereocenters. The second-order valence-corrected chi connectivity index (χ2v) is 5.44. The van der Waals surface area contributed by atoms with Crippen LogP contribution in [0.25, 0.3) is 0 Å². The molecular formula is C19H20N2O4. The average molecular weight is 340 g/mol. The topological polar surface area (TPSA) is 84.5 Å². The van der Waals surface area contributed by atoms with Crippen LogP contribution in [0, 0.1) is 0 Å². The number of anilines is 2. The molecular weight excluding hydrogens is 320 g/mol. The van der Waals surface area contributed by atoms with Gasteiger partial charge in [0.1, 0.15) is 0 Å². The van der Waals surface area contributed by atoms with Gasteiger partial charge >= 0.3 is 5.97 Å². The van der Waals surface area contributed by atoms with E-state index >= 15 is 0 Å². The minimum atomic E-state index is -0.635. The number of carbonyl (C=O) groups is 3. The van der Waals surface area contributed by atoms with Crippen molar-refractivity contribution in [3.8, 4) is 0 Å². The zero-order valence-corrected chi connectivity index (χ0v) is 14.2. The predicted octanol–water partition coefficient (Wildman–Crippen LogP) is 3.00. The molecule has 0 fully saturated rings. The summed E-state index contributed by atoms with van der Waals surface area (Å²) in [4.78, 5) is 35.0. The van der Waals surface area contributed by atoms with Crippen LogP contribution in [0.4, 0.5) is 11.4 Å². The Kier molecular flexibility index (Phi) is 6.28. The molecule has 2 N–H and O–H groups in total. The van der Waals surface area contributed by atoms with Crippen molar-refractivity contribution < 1.29 is 19.1 Å². The lowest BCUT2D eigenvalue weighted by Gasteiger charge is -2.08. The molecule has 0 spiro atoms. The van der Waals surface area contributed by atoms with Gasteiger partial charge in [0, 0.05) is 18.3 Å². The van der Waals surface area contributed by atoms with E-state index in [0.717, 1.165) is 12.0 Å². The highest BCUT2D eigenvalue weighted by atomic mass is 16.5. The first-order valence-corrected chi connectivity index (χ1v) is 7.91. The number of carbonyl (C=O) groups excluding carboxylic acids is 3. The van der Waals surface area contributed by atoms with Gasteiger partial charge in [-0.2, -0.15) is 0 Å². The van der Waals surface area contributed by atoms with Gasteiger partial charge in [0.25, 0.3) is 5.91 Å². The fourth-order valence-corrected chi connectivity index (χ4v) is 2.21. The Hall–Kier alpha value is -3.15. The molecule has 2 rings (SSSR count). The first-order chi connectivity index (χ1) is 12.0. The van der Waals surface area contributed by atoms with Gasteiger partial charge in [0.15, 0.2) is 6.61 Å². The quantitative estimate of drug-likeness (QED) is 0.792. The molecule has 0 atom stereocenters. The lowest BCUT2D eigenvalue weighted by atomic mass is 10.1. The van der Waals surface area contributed by atoms with Crippen LogP contribution in [-0.4, -0.2) is 24.4 Å². The van der Waals surface area contributed by atoms with E-state index in [9.17, 15) is 14.4 Å². The van der Waals surface area contributed by atoms with E-state index in [1.807, 2.05) is 25.1 Å². The number of hydrogen-bond acceptors (Lipinski definition) is 4. The van der Waals surface area contributed by atoms with Crippen LogP contribution in [0.1, 0.15) is 29.8 Å². The summed E-state index contributed by atoms with van der Waals surface area (Å²) in [5.74, 6) is -1.29. The highest BCUT2D eigenvalue weighted by Crippen LogP contribution is 2.13. The average Bonchev–Trinajstić information content (AvgIpc) is 2.59. The SMILES string of the molecule is CCc1cccc(NC(=O)COC(=O)c2cccc(NC(C)=O)c2)c1. The number of esters is 1. The monoisotopic (exact) mass is 340 g/mol. The Labute approximate surface area is 146 Å². The molecule has 0 aliphatic rings. The van der Waals surface area contributed by atoms with Gasteiger partial charge in [-0.25, -0.2) is 4.79 Å². The number of nitrogens with one attached hydrogen (secondary N) is 2. The second kappa shape index (κ2) is 8.63. The summed E-state index contributed by atoms with van der Waals surface area (Å²) < 4.78 is 5.01. The molecule has 6 heteroatoms. The van der Waals surface area contributed by atoms with Crippen LogP contribution in [0.5, 0.6) is 0 Å². The van der Waals surface area contributed by atoms with Gasteiger partial charge in [-0.15, -0.1) is 0 Å².